The summed E-state index contributed by atoms with van der Waals surface area (Å²) in [5.74, 6) is 1.82. The van der Waals surface area contributed by atoms with Gasteiger partial charge in [0.2, 0.25) is 11.8 Å². The van der Waals surface area contributed by atoms with Crippen LogP contribution in [0.3, 0.4) is 0 Å². The number of rotatable bonds is 6. The van der Waals surface area contributed by atoms with Crippen LogP contribution in [0.15, 0.2) is 18.3 Å². The smallest absolute Gasteiger partial charge is 0.226 e. The zero-order valence-electron chi connectivity index (χ0n) is 10.9. The Morgan fingerprint density at radius 3 is 3.16 bits per heavy atom. The zero-order valence-corrected chi connectivity index (χ0v) is 10.9. The summed E-state index contributed by atoms with van der Waals surface area (Å²) in [4.78, 5) is 8.41. The summed E-state index contributed by atoms with van der Waals surface area (Å²) in [6, 6.07) is 3.85. The highest BCUT2D eigenvalue weighted by Gasteiger charge is 2.25. The number of hydrogen-bond donors (Lipinski definition) is 2. The van der Waals surface area contributed by atoms with Crippen LogP contribution in [0, 0.1) is 0 Å². The third-order valence-corrected chi connectivity index (χ3v) is 3.01. The van der Waals surface area contributed by atoms with Crippen molar-refractivity contribution in [3.8, 4) is 5.88 Å². The van der Waals surface area contributed by atoms with E-state index < -0.39 is 0 Å². The van der Waals surface area contributed by atoms with Crippen LogP contribution in [0.1, 0.15) is 37.1 Å². The van der Waals surface area contributed by atoms with Gasteiger partial charge in [0.25, 0.3) is 0 Å². The van der Waals surface area contributed by atoms with Gasteiger partial charge in [0.05, 0.1) is 24.5 Å². The van der Waals surface area contributed by atoms with Crippen molar-refractivity contribution in [2.45, 2.75) is 32.2 Å². The van der Waals surface area contributed by atoms with E-state index in [2.05, 4.69) is 31.5 Å². The molecule has 1 aliphatic carbocycles. The number of aromatic amines is 1. The van der Waals surface area contributed by atoms with Crippen molar-refractivity contribution in [3.05, 3.63) is 29.7 Å². The standard InChI is InChI=1S/C13H17N5O/c1-2-19-12-5-6-14-13(16-12)15-8-10-7-11(18-17-10)9-3-4-9/h5-7,9H,2-4,8H2,1H3,(H,17,18)(H,14,15,16). The maximum Gasteiger partial charge on any atom is 0.226 e. The number of ether oxygens (including phenoxy) is 1. The van der Waals surface area contributed by atoms with Crippen molar-refractivity contribution in [3.63, 3.8) is 0 Å². The summed E-state index contributed by atoms with van der Waals surface area (Å²) in [5, 5.41) is 10.5. The van der Waals surface area contributed by atoms with E-state index in [4.69, 9.17) is 4.74 Å². The van der Waals surface area contributed by atoms with Gasteiger partial charge in [-0.05, 0) is 25.8 Å². The van der Waals surface area contributed by atoms with E-state index >= 15 is 0 Å². The zero-order chi connectivity index (χ0) is 13.1. The van der Waals surface area contributed by atoms with Crippen LogP contribution in [-0.4, -0.2) is 26.8 Å². The van der Waals surface area contributed by atoms with Crippen LogP contribution in [0.2, 0.25) is 0 Å². The highest BCUT2D eigenvalue weighted by molar-refractivity contribution is 5.29. The molecule has 0 atom stereocenters. The first-order valence-electron chi connectivity index (χ1n) is 6.59. The molecular formula is C13H17N5O. The maximum atomic E-state index is 5.33. The second kappa shape index (κ2) is 5.26. The normalized spacial score (nSPS) is 14.4. The number of hydrogen-bond acceptors (Lipinski definition) is 5. The van der Waals surface area contributed by atoms with E-state index in [1.54, 1.807) is 12.3 Å². The molecule has 0 spiro atoms. The molecule has 0 radical (unpaired) electrons. The van der Waals surface area contributed by atoms with Crippen molar-refractivity contribution in [1.82, 2.24) is 20.2 Å². The molecule has 1 saturated carbocycles. The van der Waals surface area contributed by atoms with Crippen molar-refractivity contribution in [1.29, 1.82) is 0 Å². The highest BCUT2D eigenvalue weighted by atomic mass is 16.5. The molecule has 19 heavy (non-hydrogen) atoms. The number of nitrogens with one attached hydrogen (secondary N) is 2. The third-order valence-electron chi connectivity index (χ3n) is 3.01. The van der Waals surface area contributed by atoms with Crippen molar-refractivity contribution >= 4 is 5.95 Å². The van der Waals surface area contributed by atoms with Crippen LogP contribution in [0.25, 0.3) is 0 Å². The SMILES string of the molecule is CCOc1ccnc(NCc2cc(C3CC3)n[nH]2)n1. The molecule has 3 rings (SSSR count). The minimum absolute atomic E-state index is 0.563. The first-order chi connectivity index (χ1) is 9.35. The largest absolute Gasteiger partial charge is 0.478 e. The molecular weight excluding hydrogens is 242 g/mol. The molecule has 1 aliphatic rings. The lowest BCUT2D eigenvalue weighted by atomic mass is 10.3. The summed E-state index contributed by atoms with van der Waals surface area (Å²) < 4.78 is 5.33. The summed E-state index contributed by atoms with van der Waals surface area (Å²) in [5.41, 5.74) is 2.22. The molecule has 0 aromatic carbocycles. The van der Waals surface area contributed by atoms with Crippen LogP contribution in [0.4, 0.5) is 5.95 Å². The fourth-order valence-corrected chi connectivity index (χ4v) is 1.89. The van der Waals surface area contributed by atoms with Crippen molar-refractivity contribution in [2.24, 2.45) is 0 Å². The predicted octanol–water partition coefficient (Wildman–Crippen LogP) is 2.09. The van der Waals surface area contributed by atoms with Gasteiger partial charge in [-0.3, -0.25) is 5.10 Å². The molecule has 6 nitrogen and oxygen atoms in total. The Bertz CT molecular complexity index is 549. The minimum Gasteiger partial charge on any atom is -0.478 e. The van der Waals surface area contributed by atoms with E-state index in [0.29, 0.717) is 30.9 Å². The molecule has 1 fully saturated rings. The molecule has 0 unspecified atom stereocenters. The average Bonchev–Trinajstić information content (AvgIpc) is 3.17. The van der Waals surface area contributed by atoms with Gasteiger partial charge in [0.1, 0.15) is 0 Å². The fourth-order valence-electron chi connectivity index (χ4n) is 1.89. The number of aromatic nitrogens is 4. The lowest BCUT2D eigenvalue weighted by Gasteiger charge is -2.05. The minimum atomic E-state index is 0.563. The van der Waals surface area contributed by atoms with Gasteiger partial charge in [-0.2, -0.15) is 10.1 Å². The Balaban J connectivity index is 1.59. The molecule has 2 aromatic rings. The lowest BCUT2D eigenvalue weighted by Crippen LogP contribution is -2.05. The Labute approximate surface area is 111 Å². The van der Waals surface area contributed by atoms with E-state index in [9.17, 15) is 0 Å². The highest BCUT2D eigenvalue weighted by Crippen LogP contribution is 2.38. The molecule has 0 saturated heterocycles. The van der Waals surface area contributed by atoms with Crippen LogP contribution < -0.4 is 10.1 Å². The second-order valence-corrected chi connectivity index (χ2v) is 4.60. The maximum absolute atomic E-state index is 5.33. The molecule has 0 bridgehead atoms. The van der Waals surface area contributed by atoms with Gasteiger partial charge in [0, 0.05) is 18.2 Å². The molecule has 2 heterocycles. The molecule has 0 amide bonds. The van der Waals surface area contributed by atoms with Gasteiger partial charge in [0.15, 0.2) is 0 Å². The topological polar surface area (TPSA) is 75.7 Å². The second-order valence-electron chi connectivity index (χ2n) is 4.60. The monoisotopic (exact) mass is 259 g/mol. The van der Waals surface area contributed by atoms with E-state index in [-0.39, 0.29) is 0 Å². The van der Waals surface area contributed by atoms with Crippen molar-refractivity contribution < 1.29 is 4.74 Å². The molecule has 0 aliphatic heterocycles. The Kier molecular flexibility index (Phi) is 3.31. The van der Waals surface area contributed by atoms with Crippen molar-refractivity contribution in [2.75, 3.05) is 11.9 Å². The number of H-pyrrole nitrogens is 1. The summed E-state index contributed by atoms with van der Waals surface area (Å²) >= 11 is 0. The van der Waals surface area contributed by atoms with Gasteiger partial charge in [-0.1, -0.05) is 0 Å². The quantitative estimate of drug-likeness (QED) is 0.830. The van der Waals surface area contributed by atoms with Crippen LogP contribution in [0.5, 0.6) is 5.88 Å². The predicted molar refractivity (Wildman–Crippen MR) is 71.1 cm³/mol. The summed E-state index contributed by atoms with van der Waals surface area (Å²) in [7, 11) is 0. The van der Waals surface area contributed by atoms with E-state index in [1.807, 2.05) is 6.92 Å². The Morgan fingerprint density at radius 1 is 1.47 bits per heavy atom. The van der Waals surface area contributed by atoms with Gasteiger partial charge in [-0.15, -0.1) is 0 Å². The summed E-state index contributed by atoms with van der Waals surface area (Å²) in [6.07, 6.45) is 4.21. The van der Waals surface area contributed by atoms with Crippen LogP contribution in [-0.2, 0) is 6.54 Å². The van der Waals surface area contributed by atoms with E-state index in [0.717, 1.165) is 5.69 Å². The number of anilines is 1. The van der Waals surface area contributed by atoms with Gasteiger partial charge in [-0.25, -0.2) is 4.98 Å². The van der Waals surface area contributed by atoms with E-state index in [1.165, 1.54) is 18.5 Å². The lowest BCUT2D eigenvalue weighted by molar-refractivity contribution is 0.326. The first kappa shape index (κ1) is 12.0. The third kappa shape index (κ3) is 3.01. The number of nitrogens with zero attached hydrogens (tertiary/aromatic N) is 3. The first-order valence-corrected chi connectivity index (χ1v) is 6.59. The van der Waals surface area contributed by atoms with Crippen LogP contribution >= 0.6 is 0 Å². The molecule has 2 N–H and O–H groups in total. The van der Waals surface area contributed by atoms with Gasteiger partial charge < -0.3 is 10.1 Å². The van der Waals surface area contributed by atoms with Gasteiger partial charge >= 0.3 is 0 Å². The summed E-state index contributed by atoms with van der Waals surface area (Å²) in [6.45, 7) is 3.16. The molecule has 2 aromatic heterocycles. The Hall–Kier alpha value is -2.11. The Morgan fingerprint density at radius 2 is 2.37 bits per heavy atom. The fraction of sp³-hybridized carbons (Fsp3) is 0.462. The molecule has 100 valence electrons. The molecule has 6 heteroatoms. The average molecular weight is 259 g/mol.